The summed E-state index contributed by atoms with van der Waals surface area (Å²) in [5.74, 6) is -0.381. The van der Waals surface area contributed by atoms with E-state index in [2.05, 4.69) is 9.72 Å². The van der Waals surface area contributed by atoms with Gasteiger partial charge in [-0.3, -0.25) is 4.79 Å². The molecule has 0 unspecified atom stereocenters. The average molecular weight is 409 g/mol. The van der Waals surface area contributed by atoms with E-state index in [4.69, 9.17) is 11.6 Å². The van der Waals surface area contributed by atoms with E-state index in [0.29, 0.717) is 30.1 Å². The quantitative estimate of drug-likeness (QED) is 0.673. The number of aromatic nitrogens is 1. The Hall–Kier alpha value is -2.67. The second-order valence-electron chi connectivity index (χ2n) is 6.71. The predicted molar refractivity (Wildman–Crippen MR) is 99.3 cm³/mol. The first-order chi connectivity index (χ1) is 13.3. The van der Waals surface area contributed by atoms with Crippen molar-refractivity contribution in [2.45, 2.75) is 25.7 Å². The first-order valence-electron chi connectivity index (χ1n) is 8.70. The number of carbonyl (C=O) groups is 1. The van der Waals surface area contributed by atoms with Crippen molar-refractivity contribution >= 4 is 28.4 Å². The molecule has 4 rings (SSSR count). The molecular weight excluding hydrogens is 393 g/mol. The summed E-state index contributed by atoms with van der Waals surface area (Å²) in [4.78, 5) is 17.8. The fourth-order valence-electron chi connectivity index (χ4n) is 3.49. The number of H-pyrrole nitrogens is 1. The summed E-state index contributed by atoms with van der Waals surface area (Å²) in [5.41, 5.74) is 3.79. The van der Waals surface area contributed by atoms with Crippen molar-refractivity contribution in [1.82, 2.24) is 9.88 Å². The van der Waals surface area contributed by atoms with Gasteiger partial charge in [-0.2, -0.15) is 0 Å². The van der Waals surface area contributed by atoms with Crippen molar-refractivity contribution in [3.05, 3.63) is 64.3 Å². The number of hydrogen-bond acceptors (Lipinski definition) is 2. The lowest BCUT2D eigenvalue weighted by Crippen LogP contribution is -2.36. The first kappa shape index (κ1) is 18.7. The highest BCUT2D eigenvalue weighted by molar-refractivity contribution is 6.31. The van der Waals surface area contributed by atoms with Gasteiger partial charge in [0.2, 0.25) is 5.91 Å². The van der Waals surface area contributed by atoms with Crippen LogP contribution in [0.25, 0.3) is 10.9 Å². The molecule has 28 heavy (non-hydrogen) atoms. The highest BCUT2D eigenvalue weighted by atomic mass is 35.5. The van der Waals surface area contributed by atoms with Gasteiger partial charge in [-0.1, -0.05) is 23.7 Å². The number of hydrogen-bond donors (Lipinski definition) is 1. The van der Waals surface area contributed by atoms with Gasteiger partial charge >= 0.3 is 6.36 Å². The smallest absolute Gasteiger partial charge is 0.406 e. The van der Waals surface area contributed by atoms with Crippen LogP contribution in [0.3, 0.4) is 0 Å². The van der Waals surface area contributed by atoms with E-state index in [1.807, 2.05) is 18.2 Å². The lowest BCUT2D eigenvalue weighted by atomic mass is 10.0. The van der Waals surface area contributed by atoms with E-state index in [0.717, 1.165) is 22.2 Å². The Bertz CT molecular complexity index is 1030. The molecule has 4 nitrogen and oxygen atoms in total. The minimum absolute atomic E-state index is 0.0773. The molecular formula is C20H16ClF3N2O2. The van der Waals surface area contributed by atoms with Gasteiger partial charge in [0.05, 0.1) is 6.42 Å². The molecule has 0 atom stereocenters. The highest BCUT2D eigenvalue weighted by Gasteiger charge is 2.31. The molecule has 0 radical (unpaired) electrons. The van der Waals surface area contributed by atoms with Gasteiger partial charge in [-0.05, 0) is 35.9 Å². The zero-order valence-electron chi connectivity index (χ0n) is 14.6. The summed E-state index contributed by atoms with van der Waals surface area (Å²) in [6.45, 7) is 1.06. The van der Waals surface area contributed by atoms with Crippen molar-refractivity contribution < 1.29 is 22.7 Å². The fourth-order valence-corrected chi connectivity index (χ4v) is 3.67. The number of nitrogens with zero attached hydrogens (tertiary/aromatic N) is 1. The molecule has 2 heterocycles. The number of amides is 1. The van der Waals surface area contributed by atoms with Crippen LogP contribution in [0.4, 0.5) is 13.2 Å². The SMILES string of the molecule is O=C(Cc1ccc(OC(F)(F)F)cc1)N1CCc2[nH]c3ccc(Cl)cc3c2C1. The van der Waals surface area contributed by atoms with E-state index < -0.39 is 6.36 Å². The van der Waals surface area contributed by atoms with Gasteiger partial charge in [-0.15, -0.1) is 13.2 Å². The van der Waals surface area contributed by atoms with Crippen LogP contribution in [-0.2, 0) is 24.2 Å². The Morgan fingerprint density at radius 2 is 1.93 bits per heavy atom. The van der Waals surface area contributed by atoms with Gasteiger partial charge in [0, 0.05) is 46.7 Å². The number of alkyl halides is 3. The molecule has 0 saturated carbocycles. The molecule has 2 aromatic carbocycles. The molecule has 1 aliphatic heterocycles. The van der Waals surface area contributed by atoms with Crippen LogP contribution in [0.15, 0.2) is 42.5 Å². The topological polar surface area (TPSA) is 45.3 Å². The summed E-state index contributed by atoms with van der Waals surface area (Å²) in [7, 11) is 0. The number of fused-ring (bicyclic) bond motifs is 3. The number of carbonyl (C=O) groups excluding carboxylic acids is 1. The van der Waals surface area contributed by atoms with Crippen molar-refractivity contribution in [2.75, 3.05) is 6.54 Å². The van der Waals surface area contributed by atoms with E-state index in [9.17, 15) is 18.0 Å². The molecule has 1 amide bonds. The Balaban J connectivity index is 1.46. The number of nitrogens with one attached hydrogen (secondary N) is 1. The molecule has 0 saturated heterocycles. The number of rotatable bonds is 3. The van der Waals surface area contributed by atoms with E-state index >= 15 is 0 Å². The van der Waals surface area contributed by atoms with Crippen molar-refractivity contribution in [3.8, 4) is 5.75 Å². The van der Waals surface area contributed by atoms with Crippen LogP contribution in [0.1, 0.15) is 16.8 Å². The molecule has 1 N–H and O–H groups in total. The Kier molecular flexibility index (Phi) is 4.71. The van der Waals surface area contributed by atoms with Crippen LogP contribution >= 0.6 is 11.6 Å². The Morgan fingerprint density at radius 1 is 1.18 bits per heavy atom. The maximum atomic E-state index is 12.7. The largest absolute Gasteiger partial charge is 0.573 e. The number of aromatic amines is 1. The molecule has 0 spiro atoms. The van der Waals surface area contributed by atoms with Crippen LogP contribution in [0.5, 0.6) is 5.75 Å². The van der Waals surface area contributed by atoms with Gasteiger partial charge < -0.3 is 14.6 Å². The second-order valence-corrected chi connectivity index (χ2v) is 7.14. The van der Waals surface area contributed by atoms with E-state index in [-0.39, 0.29) is 18.1 Å². The molecule has 1 aromatic heterocycles. The lowest BCUT2D eigenvalue weighted by Gasteiger charge is -2.27. The lowest BCUT2D eigenvalue weighted by molar-refractivity contribution is -0.274. The van der Waals surface area contributed by atoms with Gasteiger partial charge in [0.25, 0.3) is 0 Å². The average Bonchev–Trinajstić information content (AvgIpc) is 2.99. The fraction of sp³-hybridized carbons (Fsp3) is 0.250. The van der Waals surface area contributed by atoms with E-state index in [1.54, 1.807) is 4.90 Å². The molecule has 0 bridgehead atoms. The summed E-state index contributed by atoms with van der Waals surface area (Å²) in [6, 6.07) is 11.0. The van der Waals surface area contributed by atoms with Gasteiger partial charge in [0.15, 0.2) is 0 Å². The van der Waals surface area contributed by atoms with Crippen molar-refractivity contribution in [2.24, 2.45) is 0 Å². The number of ether oxygens (including phenoxy) is 1. The van der Waals surface area contributed by atoms with Crippen molar-refractivity contribution in [1.29, 1.82) is 0 Å². The number of benzene rings is 2. The summed E-state index contributed by atoms with van der Waals surface area (Å²) in [6.07, 6.45) is -3.90. The normalized spacial score (nSPS) is 14.2. The third kappa shape index (κ3) is 3.94. The minimum atomic E-state index is -4.73. The maximum Gasteiger partial charge on any atom is 0.573 e. The van der Waals surface area contributed by atoms with Gasteiger partial charge in [-0.25, -0.2) is 0 Å². The van der Waals surface area contributed by atoms with Gasteiger partial charge in [0.1, 0.15) is 5.75 Å². The molecule has 1 aliphatic rings. The summed E-state index contributed by atoms with van der Waals surface area (Å²) < 4.78 is 40.5. The van der Waals surface area contributed by atoms with Crippen LogP contribution in [0, 0.1) is 0 Å². The standard InChI is InChI=1S/C20H16ClF3N2O2/c21-13-3-6-17-15(10-13)16-11-26(8-7-18(16)25-17)19(27)9-12-1-4-14(5-2-12)28-20(22,23)24/h1-6,10,25H,7-9,11H2. The Morgan fingerprint density at radius 3 is 2.64 bits per heavy atom. The molecule has 3 aromatic rings. The van der Waals surface area contributed by atoms with Crippen LogP contribution in [-0.4, -0.2) is 28.7 Å². The van der Waals surface area contributed by atoms with Crippen LogP contribution in [0.2, 0.25) is 5.02 Å². The first-order valence-corrected chi connectivity index (χ1v) is 9.08. The third-order valence-corrected chi connectivity index (χ3v) is 5.04. The summed E-state index contributed by atoms with van der Waals surface area (Å²) >= 11 is 6.10. The monoisotopic (exact) mass is 408 g/mol. The van der Waals surface area contributed by atoms with Crippen molar-refractivity contribution in [3.63, 3.8) is 0 Å². The Labute approximate surface area is 163 Å². The predicted octanol–water partition coefficient (Wildman–Crippen LogP) is 4.85. The molecule has 8 heteroatoms. The maximum absolute atomic E-state index is 12.7. The van der Waals surface area contributed by atoms with E-state index in [1.165, 1.54) is 24.3 Å². The second kappa shape index (κ2) is 7.05. The molecule has 146 valence electrons. The zero-order valence-corrected chi connectivity index (χ0v) is 15.4. The summed E-state index contributed by atoms with van der Waals surface area (Å²) in [5, 5.41) is 1.65. The van der Waals surface area contributed by atoms with Crippen LogP contribution < -0.4 is 4.74 Å². The molecule has 0 aliphatic carbocycles. The highest BCUT2D eigenvalue weighted by Crippen LogP contribution is 2.30. The number of halogens is 4. The third-order valence-electron chi connectivity index (χ3n) is 4.80. The minimum Gasteiger partial charge on any atom is -0.406 e. The zero-order chi connectivity index (χ0) is 19.9. The molecule has 0 fully saturated rings.